The summed E-state index contributed by atoms with van der Waals surface area (Å²) in [7, 11) is 0. The number of carbonyl (C=O) groups is 2. The van der Waals surface area contributed by atoms with E-state index in [-0.39, 0.29) is 41.9 Å². The predicted octanol–water partition coefficient (Wildman–Crippen LogP) is 4.44. The van der Waals surface area contributed by atoms with Crippen LogP contribution in [0.1, 0.15) is 45.6 Å². The van der Waals surface area contributed by atoms with Crippen molar-refractivity contribution in [3.05, 3.63) is 71.6 Å². The number of benzene rings is 2. The Morgan fingerprint density at radius 3 is 2.18 bits per heavy atom. The number of carbonyl (C=O) groups excluding carboxylic acids is 1. The number of rotatable bonds is 10. The minimum absolute atomic E-state index is 0.0229. The zero-order valence-corrected chi connectivity index (χ0v) is 19.9. The summed E-state index contributed by atoms with van der Waals surface area (Å²) in [6, 6.07) is 13.5. The largest absolute Gasteiger partial charge is 0.478 e. The van der Waals surface area contributed by atoms with Gasteiger partial charge in [0.2, 0.25) is 5.91 Å². The lowest BCUT2D eigenvalue weighted by molar-refractivity contribution is -0.133. The van der Waals surface area contributed by atoms with Gasteiger partial charge >= 0.3 is 5.97 Å². The highest BCUT2D eigenvalue weighted by atomic mass is 19.1. The maximum atomic E-state index is 13.2. The molecule has 182 valence electrons. The second kappa shape index (κ2) is 11.9. The molecule has 6 nitrogen and oxygen atoms in total. The Morgan fingerprint density at radius 2 is 1.65 bits per heavy atom. The lowest BCUT2D eigenvalue weighted by Gasteiger charge is -2.38. The lowest BCUT2D eigenvalue weighted by atomic mass is 9.87. The topological polar surface area (TPSA) is 87.7 Å². The highest BCUT2D eigenvalue weighted by molar-refractivity contribution is 5.87. The highest BCUT2D eigenvalue weighted by Gasteiger charge is 2.37. The second-order valence-electron chi connectivity index (χ2n) is 8.66. The normalized spacial score (nSPS) is 20.1. The molecule has 2 aromatic rings. The maximum absolute atomic E-state index is 13.2. The standard InChI is InChI=1S/C27H33FN2O4/c1-4-23(5-2)34-25-15-21(27(32)33)14-24(26(25)30-17(3)31)29-16-18-6-8-19(9-7-18)20-10-12-22(28)13-11-20/h6-13,15,23-26,29H,4-5,14,16H2,1-3H3,(H,30,31)(H,32,33)/t24-,25+,26+/m0/s1. The molecule has 0 unspecified atom stereocenters. The van der Waals surface area contributed by atoms with Crippen LogP contribution in [-0.2, 0) is 20.9 Å². The summed E-state index contributed by atoms with van der Waals surface area (Å²) >= 11 is 0. The molecule has 2 aromatic carbocycles. The molecule has 1 aliphatic rings. The van der Waals surface area contributed by atoms with Gasteiger partial charge in [0.15, 0.2) is 0 Å². The van der Waals surface area contributed by atoms with E-state index >= 15 is 0 Å². The van der Waals surface area contributed by atoms with Crippen LogP contribution in [0.3, 0.4) is 0 Å². The fraction of sp³-hybridized carbons (Fsp3) is 0.407. The number of halogens is 1. The molecule has 1 amide bonds. The van der Waals surface area contributed by atoms with Gasteiger partial charge in [-0.05, 0) is 54.2 Å². The van der Waals surface area contributed by atoms with Crippen molar-refractivity contribution in [3.63, 3.8) is 0 Å². The van der Waals surface area contributed by atoms with Crippen molar-refractivity contribution < 1.29 is 23.8 Å². The summed E-state index contributed by atoms with van der Waals surface area (Å²) in [5, 5.41) is 16.1. The third-order valence-electron chi connectivity index (χ3n) is 6.20. The van der Waals surface area contributed by atoms with Crippen LogP contribution in [0.2, 0.25) is 0 Å². The smallest absolute Gasteiger partial charge is 0.331 e. The molecular weight excluding hydrogens is 435 g/mol. The number of ether oxygens (including phenoxy) is 1. The summed E-state index contributed by atoms with van der Waals surface area (Å²) in [5.74, 6) is -1.44. The summed E-state index contributed by atoms with van der Waals surface area (Å²) < 4.78 is 19.4. The van der Waals surface area contributed by atoms with Crippen molar-refractivity contribution in [2.45, 2.75) is 70.9 Å². The summed E-state index contributed by atoms with van der Waals surface area (Å²) in [4.78, 5) is 23.8. The van der Waals surface area contributed by atoms with Gasteiger partial charge in [-0.2, -0.15) is 0 Å². The average molecular weight is 469 g/mol. The van der Waals surface area contributed by atoms with Crippen LogP contribution in [0.5, 0.6) is 0 Å². The zero-order chi connectivity index (χ0) is 24.7. The average Bonchev–Trinajstić information content (AvgIpc) is 2.82. The van der Waals surface area contributed by atoms with Crippen molar-refractivity contribution in [1.29, 1.82) is 0 Å². The van der Waals surface area contributed by atoms with E-state index in [2.05, 4.69) is 10.6 Å². The number of carboxylic acids is 1. The van der Waals surface area contributed by atoms with Crippen molar-refractivity contribution in [1.82, 2.24) is 10.6 Å². The van der Waals surface area contributed by atoms with Gasteiger partial charge in [-0.1, -0.05) is 50.2 Å². The SMILES string of the molecule is CCC(CC)O[C@@H]1C=C(C(=O)O)C[C@H](NCc2ccc(-c3ccc(F)cc3)cc2)[C@H]1NC(C)=O. The number of hydrogen-bond donors (Lipinski definition) is 3. The van der Waals surface area contributed by atoms with Gasteiger partial charge in [0.25, 0.3) is 0 Å². The van der Waals surface area contributed by atoms with E-state index in [9.17, 15) is 19.1 Å². The molecule has 0 radical (unpaired) electrons. The molecule has 7 heteroatoms. The Kier molecular flexibility index (Phi) is 8.96. The van der Waals surface area contributed by atoms with Crippen LogP contribution in [0, 0.1) is 5.82 Å². The van der Waals surface area contributed by atoms with E-state index in [1.54, 1.807) is 18.2 Å². The van der Waals surface area contributed by atoms with Crippen molar-refractivity contribution in [2.24, 2.45) is 0 Å². The molecule has 3 N–H and O–H groups in total. The van der Waals surface area contributed by atoms with Gasteiger partial charge in [-0.3, -0.25) is 4.79 Å². The predicted molar refractivity (Wildman–Crippen MR) is 130 cm³/mol. The number of aliphatic carboxylic acids is 1. The van der Waals surface area contributed by atoms with E-state index in [1.807, 2.05) is 38.1 Å². The molecule has 3 rings (SSSR count). The molecule has 0 aromatic heterocycles. The van der Waals surface area contributed by atoms with E-state index < -0.39 is 12.1 Å². The fourth-order valence-electron chi connectivity index (χ4n) is 4.27. The first-order valence-electron chi connectivity index (χ1n) is 11.8. The molecule has 0 heterocycles. The first-order valence-corrected chi connectivity index (χ1v) is 11.8. The van der Waals surface area contributed by atoms with Crippen LogP contribution in [0.25, 0.3) is 11.1 Å². The molecule has 0 aliphatic heterocycles. The van der Waals surface area contributed by atoms with Crippen molar-refractivity contribution >= 4 is 11.9 Å². The quantitative estimate of drug-likeness (QED) is 0.480. The zero-order valence-electron chi connectivity index (χ0n) is 19.9. The minimum Gasteiger partial charge on any atom is -0.478 e. The van der Waals surface area contributed by atoms with Crippen molar-refractivity contribution in [3.8, 4) is 11.1 Å². The van der Waals surface area contributed by atoms with Gasteiger partial charge in [-0.15, -0.1) is 0 Å². The third-order valence-corrected chi connectivity index (χ3v) is 6.20. The molecule has 1 aliphatic carbocycles. The summed E-state index contributed by atoms with van der Waals surface area (Å²) in [6.45, 7) is 6.00. The first kappa shape index (κ1) is 25.6. The van der Waals surface area contributed by atoms with Gasteiger partial charge in [0, 0.05) is 25.1 Å². The Labute approximate surface area is 200 Å². The van der Waals surface area contributed by atoms with Crippen LogP contribution in [0.4, 0.5) is 4.39 Å². The first-order chi connectivity index (χ1) is 16.3. The number of nitrogens with one attached hydrogen (secondary N) is 2. The van der Waals surface area contributed by atoms with Crippen LogP contribution in [-0.4, -0.2) is 41.3 Å². The molecular formula is C27H33FN2O4. The second-order valence-corrected chi connectivity index (χ2v) is 8.66. The monoisotopic (exact) mass is 468 g/mol. The molecule has 0 bridgehead atoms. The Bertz CT molecular complexity index is 1000. The van der Waals surface area contributed by atoms with E-state index in [0.29, 0.717) is 6.54 Å². The van der Waals surface area contributed by atoms with E-state index in [1.165, 1.54) is 19.1 Å². The molecule has 0 spiro atoms. The lowest BCUT2D eigenvalue weighted by Crippen LogP contribution is -2.58. The third kappa shape index (κ3) is 6.74. The van der Waals surface area contributed by atoms with Crippen LogP contribution in [0.15, 0.2) is 60.2 Å². The Morgan fingerprint density at radius 1 is 1.06 bits per heavy atom. The number of amides is 1. The van der Waals surface area contributed by atoms with Gasteiger partial charge in [0.05, 0.1) is 18.2 Å². The number of carboxylic acid groups (broad SMARTS) is 1. The van der Waals surface area contributed by atoms with Crippen LogP contribution < -0.4 is 10.6 Å². The Hall–Kier alpha value is -3.03. The molecule has 0 saturated heterocycles. The van der Waals surface area contributed by atoms with Gasteiger partial charge in [-0.25, -0.2) is 9.18 Å². The number of hydrogen-bond acceptors (Lipinski definition) is 4. The maximum Gasteiger partial charge on any atom is 0.331 e. The van der Waals surface area contributed by atoms with Gasteiger partial charge in [0.1, 0.15) is 5.82 Å². The Balaban J connectivity index is 1.76. The summed E-state index contributed by atoms with van der Waals surface area (Å²) in [5.41, 5.74) is 3.20. The van der Waals surface area contributed by atoms with Gasteiger partial charge < -0.3 is 20.5 Å². The molecule has 0 saturated carbocycles. The van der Waals surface area contributed by atoms with Crippen molar-refractivity contribution in [2.75, 3.05) is 0 Å². The molecule has 34 heavy (non-hydrogen) atoms. The molecule has 0 fully saturated rings. The minimum atomic E-state index is -0.977. The molecule has 3 atom stereocenters. The van der Waals surface area contributed by atoms with E-state index in [4.69, 9.17) is 4.74 Å². The van der Waals surface area contributed by atoms with Crippen LogP contribution >= 0.6 is 0 Å². The fourth-order valence-corrected chi connectivity index (χ4v) is 4.27. The highest BCUT2D eigenvalue weighted by Crippen LogP contribution is 2.25. The summed E-state index contributed by atoms with van der Waals surface area (Å²) in [6.07, 6.45) is 2.95. The van der Waals surface area contributed by atoms with E-state index in [0.717, 1.165) is 29.5 Å².